The number of hydrogen-bond acceptors (Lipinski definition) is 7. The Morgan fingerprint density at radius 3 is 2.94 bits per heavy atom. The summed E-state index contributed by atoms with van der Waals surface area (Å²) in [5.74, 6) is 0. The maximum Gasteiger partial charge on any atom is 0.283 e. The molecule has 8 heteroatoms. The number of nitro groups is 1. The first kappa shape index (κ1) is 12.0. The number of aliphatic hydroxyl groups is 1. The average Bonchev–Trinajstić information content (AvgIpc) is 2.82. The summed E-state index contributed by atoms with van der Waals surface area (Å²) in [5.41, 5.74) is 0.482. The van der Waals surface area contributed by atoms with E-state index in [1.54, 1.807) is 12.1 Å². The van der Waals surface area contributed by atoms with Crippen LogP contribution in [0.25, 0.3) is 0 Å². The quantitative estimate of drug-likeness (QED) is 0.675. The lowest BCUT2D eigenvalue weighted by molar-refractivity contribution is -0.387. The molecule has 1 aromatic heterocycles. The molecule has 0 saturated heterocycles. The van der Waals surface area contributed by atoms with Gasteiger partial charge in [0.1, 0.15) is 6.33 Å². The molecular formula is C9H7N3O3S2. The molecule has 0 spiro atoms. The summed E-state index contributed by atoms with van der Waals surface area (Å²) >= 11 is 2.37. The third-order valence-corrected chi connectivity index (χ3v) is 3.72. The van der Waals surface area contributed by atoms with Gasteiger partial charge in [-0.15, -0.1) is 0 Å². The lowest BCUT2D eigenvalue weighted by Crippen LogP contribution is -1.93. The molecule has 0 unspecified atom stereocenters. The van der Waals surface area contributed by atoms with Gasteiger partial charge in [-0.25, -0.2) is 4.98 Å². The van der Waals surface area contributed by atoms with Crippen LogP contribution < -0.4 is 0 Å². The molecule has 0 radical (unpaired) electrons. The molecular weight excluding hydrogens is 262 g/mol. The lowest BCUT2D eigenvalue weighted by Gasteiger charge is -2.02. The number of nitrogens with zero attached hydrogens (tertiary/aromatic N) is 3. The third kappa shape index (κ3) is 2.78. The molecule has 17 heavy (non-hydrogen) atoms. The van der Waals surface area contributed by atoms with Crippen LogP contribution in [0.4, 0.5) is 5.69 Å². The Bertz CT molecular complexity index is 530. The molecule has 6 nitrogen and oxygen atoms in total. The number of benzene rings is 1. The van der Waals surface area contributed by atoms with Crippen LogP contribution in [0.5, 0.6) is 0 Å². The summed E-state index contributed by atoms with van der Waals surface area (Å²) in [6.45, 7) is -0.218. The van der Waals surface area contributed by atoms with Gasteiger partial charge in [0, 0.05) is 6.07 Å². The zero-order chi connectivity index (χ0) is 12.3. The standard InChI is InChI=1S/C9H7N3O3S2/c13-4-6-1-2-8(7(3-6)12(14)15)16-9-10-5-11-17-9/h1-3,5,13H,4H2. The summed E-state index contributed by atoms with van der Waals surface area (Å²) in [6.07, 6.45) is 1.40. The fourth-order valence-electron chi connectivity index (χ4n) is 1.19. The van der Waals surface area contributed by atoms with E-state index in [2.05, 4.69) is 9.36 Å². The van der Waals surface area contributed by atoms with E-state index in [1.165, 1.54) is 35.7 Å². The van der Waals surface area contributed by atoms with Crippen molar-refractivity contribution >= 4 is 29.0 Å². The minimum atomic E-state index is -0.470. The first-order valence-corrected chi connectivity index (χ1v) is 6.12. The zero-order valence-corrected chi connectivity index (χ0v) is 10.1. The SMILES string of the molecule is O=[N+]([O-])c1cc(CO)ccc1Sc1ncns1. The second-order valence-corrected chi connectivity index (χ2v) is 5.10. The molecule has 0 saturated carbocycles. The Hall–Kier alpha value is -1.51. The van der Waals surface area contributed by atoms with Crippen LogP contribution in [-0.4, -0.2) is 19.4 Å². The normalized spacial score (nSPS) is 10.4. The molecule has 1 N–H and O–H groups in total. The molecule has 88 valence electrons. The van der Waals surface area contributed by atoms with Gasteiger partial charge in [-0.3, -0.25) is 10.1 Å². The number of aliphatic hydroxyl groups excluding tert-OH is 1. The molecule has 0 aliphatic rings. The molecule has 0 bridgehead atoms. The molecule has 2 aromatic rings. The number of aromatic nitrogens is 2. The summed E-state index contributed by atoms with van der Waals surface area (Å²) in [4.78, 5) is 14.9. The van der Waals surface area contributed by atoms with Crippen LogP contribution in [0.3, 0.4) is 0 Å². The number of nitro benzene ring substituents is 1. The van der Waals surface area contributed by atoms with E-state index >= 15 is 0 Å². The Kier molecular flexibility index (Phi) is 3.67. The van der Waals surface area contributed by atoms with Crippen LogP contribution in [0.15, 0.2) is 33.8 Å². The zero-order valence-electron chi connectivity index (χ0n) is 8.44. The van der Waals surface area contributed by atoms with E-state index in [1.807, 2.05) is 0 Å². The summed E-state index contributed by atoms with van der Waals surface area (Å²) in [6, 6.07) is 4.62. The fourth-order valence-corrected chi connectivity index (χ4v) is 2.68. The van der Waals surface area contributed by atoms with Gasteiger partial charge >= 0.3 is 0 Å². The van der Waals surface area contributed by atoms with Crippen molar-refractivity contribution in [3.63, 3.8) is 0 Å². The van der Waals surface area contributed by atoms with E-state index < -0.39 is 4.92 Å². The summed E-state index contributed by atoms with van der Waals surface area (Å²) < 4.78 is 4.47. The van der Waals surface area contributed by atoms with Gasteiger partial charge in [0.05, 0.1) is 16.4 Å². The van der Waals surface area contributed by atoms with Gasteiger partial charge in [-0.05, 0) is 23.2 Å². The van der Waals surface area contributed by atoms with Crippen molar-refractivity contribution in [3.05, 3.63) is 40.2 Å². The second-order valence-electron chi connectivity index (χ2n) is 3.03. The molecule has 0 aliphatic carbocycles. The predicted octanol–water partition coefficient (Wildman–Crippen LogP) is 2.09. The molecule has 0 fully saturated rings. The van der Waals surface area contributed by atoms with Crippen LogP contribution in [0.1, 0.15) is 5.56 Å². The van der Waals surface area contributed by atoms with Crippen LogP contribution in [0.2, 0.25) is 0 Å². The minimum absolute atomic E-state index is 0.0308. The first-order chi connectivity index (χ1) is 8.20. The van der Waals surface area contributed by atoms with Gasteiger partial charge < -0.3 is 5.11 Å². The second kappa shape index (κ2) is 5.21. The van der Waals surface area contributed by atoms with E-state index in [0.717, 1.165) is 0 Å². The highest BCUT2D eigenvalue weighted by Crippen LogP contribution is 2.35. The lowest BCUT2D eigenvalue weighted by atomic mass is 10.2. The van der Waals surface area contributed by atoms with Crippen molar-refractivity contribution in [1.82, 2.24) is 9.36 Å². The maximum absolute atomic E-state index is 10.9. The van der Waals surface area contributed by atoms with Crippen molar-refractivity contribution in [2.75, 3.05) is 0 Å². The monoisotopic (exact) mass is 269 g/mol. The first-order valence-electron chi connectivity index (χ1n) is 4.53. The van der Waals surface area contributed by atoms with Crippen LogP contribution in [-0.2, 0) is 6.61 Å². The maximum atomic E-state index is 10.9. The Morgan fingerprint density at radius 2 is 2.35 bits per heavy atom. The topological polar surface area (TPSA) is 89.2 Å². The molecule has 0 amide bonds. The molecule has 2 rings (SSSR count). The van der Waals surface area contributed by atoms with Crippen molar-refractivity contribution in [2.24, 2.45) is 0 Å². The van der Waals surface area contributed by atoms with Crippen LogP contribution >= 0.6 is 23.3 Å². The highest BCUT2D eigenvalue weighted by atomic mass is 32.2. The van der Waals surface area contributed by atoms with Gasteiger partial charge in [0.25, 0.3) is 5.69 Å². The Morgan fingerprint density at radius 1 is 1.53 bits per heavy atom. The fraction of sp³-hybridized carbons (Fsp3) is 0.111. The Labute approximate surface area is 105 Å². The molecule has 1 heterocycles. The van der Waals surface area contributed by atoms with Gasteiger partial charge in [-0.1, -0.05) is 17.8 Å². The highest BCUT2D eigenvalue weighted by Gasteiger charge is 2.16. The third-order valence-electron chi connectivity index (χ3n) is 1.94. The van der Waals surface area contributed by atoms with Crippen molar-refractivity contribution in [1.29, 1.82) is 0 Å². The van der Waals surface area contributed by atoms with E-state index in [0.29, 0.717) is 14.8 Å². The van der Waals surface area contributed by atoms with E-state index in [4.69, 9.17) is 5.11 Å². The van der Waals surface area contributed by atoms with Crippen molar-refractivity contribution in [2.45, 2.75) is 15.8 Å². The summed E-state index contributed by atoms with van der Waals surface area (Å²) in [5, 5.41) is 19.8. The number of hydrogen-bond donors (Lipinski definition) is 1. The highest BCUT2D eigenvalue weighted by molar-refractivity contribution is 8.01. The number of rotatable bonds is 4. The summed E-state index contributed by atoms with van der Waals surface area (Å²) in [7, 11) is 0. The molecule has 1 aromatic carbocycles. The van der Waals surface area contributed by atoms with Crippen molar-refractivity contribution in [3.8, 4) is 0 Å². The van der Waals surface area contributed by atoms with Crippen molar-refractivity contribution < 1.29 is 10.0 Å². The predicted molar refractivity (Wildman–Crippen MR) is 63.1 cm³/mol. The van der Waals surface area contributed by atoms with Gasteiger partial charge in [0.2, 0.25) is 0 Å². The van der Waals surface area contributed by atoms with Gasteiger partial charge in [-0.2, -0.15) is 4.37 Å². The minimum Gasteiger partial charge on any atom is -0.392 e. The van der Waals surface area contributed by atoms with Crippen LogP contribution in [0, 0.1) is 10.1 Å². The average molecular weight is 269 g/mol. The largest absolute Gasteiger partial charge is 0.392 e. The molecule has 0 atom stereocenters. The molecule has 0 aliphatic heterocycles. The Balaban J connectivity index is 2.36. The smallest absolute Gasteiger partial charge is 0.283 e. The van der Waals surface area contributed by atoms with Gasteiger partial charge in [0.15, 0.2) is 4.34 Å². The van der Waals surface area contributed by atoms with E-state index in [9.17, 15) is 10.1 Å². The van der Waals surface area contributed by atoms with E-state index in [-0.39, 0.29) is 12.3 Å².